The summed E-state index contributed by atoms with van der Waals surface area (Å²) in [4.78, 5) is 1.82. The zero-order valence-corrected chi connectivity index (χ0v) is 12.0. The Balaban J connectivity index is 2.34. The summed E-state index contributed by atoms with van der Waals surface area (Å²) >= 11 is 0. The third kappa shape index (κ3) is 2.77. The van der Waals surface area contributed by atoms with E-state index in [2.05, 4.69) is 19.2 Å². The third-order valence-electron chi connectivity index (χ3n) is 4.31. The molecule has 1 aromatic rings. The minimum Gasteiger partial charge on any atom is -0.367 e. The third-order valence-corrected chi connectivity index (χ3v) is 4.31. The lowest BCUT2D eigenvalue weighted by Gasteiger charge is -2.36. The zero-order chi connectivity index (χ0) is 14.8. The van der Waals surface area contributed by atoms with Gasteiger partial charge in [0.2, 0.25) is 0 Å². The predicted octanol–water partition coefficient (Wildman–Crippen LogP) is 3.46. The minimum atomic E-state index is -1.39. The average molecular weight is 286 g/mol. The molecule has 1 aromatic carbocycles. The summed E-state index contributed by atoms with van der Waals surface area (Å²) < 4.78 is 40.4. The van der Waals surface area contributed by atoms with Crippen molar-refractivity contribution in [3.63, 3.8) is 0 Å². The molecule has 20 heavy (non-hydrogen) atoms. The molecule has 0 spiro atoms. The minimum absolute atomic E-state index is 0.103. The first-order chi connectivity index (χ1) is 9.53. The smallest absolute Gasteiger partial charge is 0.196 e. The van der Waals surface area contributed by atoms with Crippen LogP contribution in [0.15, 0.2) is 12.1 Å². The molecule has 0 saturated carbocycles. The first kappa shape index (κ1) is 15.2. The van der Waals surface area contributed by atoms with Crippen molar-refractivity contribution >= 4 is 5.69 Å². The fraction of sp³-hybridized carbons (Fsp3) is 0.600. The van der Waals surface area contributed by atoms with Crippen molar-refractivity contribution in [3.8, 4) is 0 Å². The predicted molar refractivity (Wildman–Crippen MR) is 74.5 cm³/mol. The number of hydrogen-bond acceptors (Lipinski definition) is 2. The molecule has 112 valence electrons. The van der Waals surface area contributed by atoms with Crippen LogP contribution >= 0.6 is 0 Å². The van der Waals surface area contributed by atoms with E-state index in [4.69, 9.17) is 0 Å². The van der Waals surface area contributed by atoms with Crippen LogP contribution in [0.5, 0.6) is 0 Å². The Kier molecular flexibility index (Phi) is 4.58. The van der Waals surface area contributed by atoms with Crippen LogP contribution in [0.3, 0.4) is 0 Å². The summed E-state index contributed by atoms with van der Waals surface area (Å²) in [7, 11) is 0. The normalized spacial score (nSPS) is 18.9. The number of halogens is 3. The lowest BCUT2D eigenvalue weighted by molar-refractivity contribution is 0.320. The Morgan fingerprint density at radius 3 is 2.50 bits per heavy atom. The molecule has 0 bridgehead atoms. The fourth-order valence-corrected chi connectivity index (χ4v) is 2.81. The van der Waals surface area contributed by atoms with Crippen molar-refractivity contribution in [3.05, 3.63) is 29.6 Å². The van der Waals surface area contributed by atoms with Crippen LogP contribution in [-0.2, 0) is 0 Å². The summed E-state index contributed by atoms with van der Waals surface area (Å²) in [6.45, 7) is 6.26. The second-order valence-corrected chi connectivity index (χ2v) is 5.38. The van der Waals surface area contributed by atoms with Crippen molar-refractivity contribution in [1.29, 1.82) is 0 Å². The number of rotatable bonds is 3. The molecule has 0 aliphatic carbocycles. The molecule has 1 aliphatic heterocycles. The van der Waals surface area contributed by atoms with E-state index < -0.39 is 17.5 Å². The Morgan fingerprint density at radius 1 is 1.15 bits per heavy atom. The summed E-state index contributed by atoms with van der Waals surface area (Å²) in [6, 6.07) is 2.32. The Hall–Kier alpha value is -1.23. The summed E-state index contributed by atoms with van der Waals surface area (Å²) in [6.07, 6.45) is 2.66. The van der Waals surface area contributed by atoms with E-state index in [0.29, 0.717) is 13.1 Å². The van der Waals surface area contributed by atoms with Gasteiger partial charge in [-0.15, -0.1) is 0 Å². The molecule has 1 aliphatic rings. The standard InChI is InChI=1S/C15H21F3N2/c1-3-15(4-2)10-20(9-5-8-19-15)12-7-6-11(16)13(17)14(12)18/h6-7,19H,3-5,8-10H2,1-2H3. The fourth-order valence-electron chi connectivity index (χ4n) is 2.81. The molecule has 5 heteroatoms. The van der Waals surface area contributed by atoms with Gasteiger partial charge in [0, 0.05) is 18.6 Å². The first-order valence-corrected chi connectivity index (χ1v) is 7.16. The molecule has 0 aromatic heterocycles. The Labute approximate surface area is 118 Å². The van der Waals surface area contributed by atoms with Gasteiger partial charge in [-0.05, 0) is 37.9 Å². The number of benzene rings is 1. The highest BCUT2D eigenvalue weighted by Crippen LogP contribution is 2.28. The Morgan fingerprint density at radius 2 is 1.85 bits per heavy atom. The van der Waals surface area contributed by atoms with Crippen LogP contribution < -0.4 is 10.2 Å². The van der Waals surface area contributed by atoms with Gasteiger partial charge in [-0.1, -0.05) is 13.8 Å². The lowest BCUT2D eigenvalue weighted by atomic mass is 9.92. The molecule has 0 amide bonds. The Bertz CT molecular complexity index is 472. The van der Waals surface area contributed by atoms with Crippen molar-refractivity contribution in [2.24, 2.45) is 0 Å². The van der Waals surface area contributed by atoms with Crippen LogP contribution in [0.1, 0.15) is 33.1 Å². The maximum Gasteiger partial charge on any atom is 0.196 e. The number of nitrogens with zero attached hydrogens (tertiary/aromatic N) is 1. The van der Waals surface area contributed by atoms with E-state index in [1.165, 1.54) is 6.07 Å². The van der Waals surface area contributed by atoms with Crippen LogP contribution in [-0.4, -0.2) is 25.2 Å². The van der Waals surface area contributed by atoms with Crippen LogP contribution in [0.2, 0.25) is 0 Å². The molecule has 1 fully saturated rings. The monoisotopic (exact) mass is 286 g/mol. The van der Waals surface area contributed by atoms with Crippen molar-refractivity contribution in [2.75, 3.05) is 24.5 Å². The topological polar surface area (TPSA) is 15.3 Å². The zero-order valence-electron chi connectivity index (χ0n) is 12.0. The second kappa shape index (κ2) is 6.04. The van der Waals surface area contributed by atoms with E-state index in [0.717, 1.165) is 31.9 Å². The van der Waals surface area contributed by atoms with Gasteiger partial charge in [0.05, 0.1) is 5.69 Å². The van der Waals surface area contributed by atoms with Gasteiger partial charge in [0.25, 0.3) is 0 Å². The van der Waals surface area contributed by atoms with Gasteiger partial charge in [-0.3, -0.25) is 0 Å². The van der Waals surface area contributed by atoms with Crippen LogP contribution in [0, 0.1) is 17.5 Å². The number of nitrogens with one attached hydrogen (secondary N) is 1. The molecule has 2 nitrogen and oxygen atoms in total. The maximum absolute atomic E-state index is 14.0. The molecular formula is C15H21F3N2. The average Bonchev–Trinajstić information content (AvgIpc) is 2.68. The van der Waals surface area contributed by atoms with Gasteiger partial charge in [0.15, 0.2) is 17.5 Å². The highest BCUT2D eigenvalue weighted by atomic mass is 19.2. The highest BCUT2D eigenvalue weighted by molar-refractivity contribution is 5.49. The van der Waals surface area contributed by atoms with Crippen molar-refractivity contribution in [1.82, 2.24) is 5.32 Å². The van der Waals surface area contributed by atoms with E-state index in [1.54, 1.807) is 0 Å². The summed E-state index contributed by atoms with van der Waals surface area (Å²) in [5.41, 5.74) is 0.0484. The quantitative estimate of drug-likeness (QED) is 0.856. The van der Waals surface area contributed by atoms with Crippen LogP contribution in [0.25, 0.3) is 0 Å². The van der Waals surface area contributed by atoms with Gasteiger partial charge in [-0.2, -0.15) is 0 Å². The summed E-state index contributed by atoms with van der Waals surface area (Å²) in [5.74, 6) is -3.62. The van der Waals surface area contributed by atoms with Crippen LogP contribution in [0.4, 0.5) is 18.9 Å². The van der Waals surface area contributed by atoms with E-state index in [9.17, 15) is 13.2 Å². The largest absolute Gasteiger partial charge is 0.367 e. The van der Waals surface area contributed by atoms with E-state index >= 15 is 0 Å². The maximum atomic E-state index is 14.0. The first-order valence-electron chi connectivity index (χ1n) is 7.16. The number of hydrogen-bond donors (Lipinski definition) is 1. The molecule has 0 unspecified atom stereocenters. The van der Waals surface area contributed by atoms with Gasteiger partial charge >= 0.3 is 0 Å². The van der Waals surface area contributed by atoms with Gasteiger partial charge in [-0.25, -0.2) is 13.2 Å². The SMILES string of the molecule is CCC1(CC)CN(c2ccc(F)c(F)c2F)CCCN1. The summed E-state index contributed by atoms with van der Waals surface area (Å²) in [5, 5.41) is 3.51. The molecule has 1 N–H and O–H groups in total. The molecule has 1 saturated heterocycles. The number of anilines is 1. The van der Waals surface area contributed by atoms with Crippen molar-refractivity contribution in [2.45, 2.75) is 38.6 Å². The second-order valence-electron chi connectivity index (χ2n) is 5.38. The van der Waals surface area contributed by atoms with Crippen molar-refractivity contribution < 1.29 is 13.2 Å². The van der Waals surface area contributed by atoms with E-state index in [-0.39, 0.29) is 11.2 Å². The molecule has 0 radical (unpaired) electrons. The molecular weight excluding hydrogens is 265 g/mol. The van der Waals surface area contributed by atoms with E-state index in [1.807, 2.05) is 4.90 Å². The molecule has 0 atom stereocenters. The molecule has 1 heterocycles. The van der Waals surface area contributed by atoms with Gasteiger partial charge in [0.1, 0.15) is 0 Å². The lowest BCUT2D eigenvalue weighted by Crippen LogP contribution is -2.50. The van der Waals surface area contributed by atoms with Gasteiger partial charge < -0.3 is 10.2 Å². The highest BCUT2D eigenvalue weighted by Gasteiger charge is 2.31. The molecule has 2 rings (SSSR count).